The molecule has 0 radical (unpaired) electrons. The fourth-order valence-corrected chi connectivity index (χ4v) is 2.69. The maximum atomic E-state index is 5.18. The Morgan fingerprint density at radius 1 is 1.10 bits per heavy atom. The van der Waals surface area contributed by atoms with E-state index in [1.54, 1.807) is 18.9 Å². The number of methoxy groups -OCH3 is 1. The van der Waals surface area contributed by atoms with Gasteiger partial charge in [0.2, 0.25) is 0 Å². The summed E-state index contributed by atoms with van der Waals surface area (Å²) in [6.45, 7) is 3.73. The topological polar surface area (TPSA) is 21.3 Å². The molecule has 1 N–H and O–H groups in total. The molecule has 0 bridgehead atoms. The fourth-order valence-electron chi connectivity index (χ4n) is 2.28. The number of thioether (sulfide) groups is 1. The monoisotopic (exact) mass is 301 g/mol. The number of nitrogens with one attached hydrogen (secondary N) is 1. The quantitative estimate of drug-likeness (QED) is 0.766. The summed E-state index contributed by atoms with van der Waals surface area (Å²) in [6, 6.07) is 17.6. The summed E-state index contributed by atoms with van der Waals surface area (Å²) in [7, 11) is 1.73. The normalized spacial score (nSPS) is 12.3. The smallest absolute Gasteiger partial charge is 0.0713 e. The molecular formula is C18H23NOS. The van der Waals surface area contributed by atoms with Gasteiger partial charge in [-0.05, 0) is 42.0 Å². The summed E-state index contributed by atoms with van der Waals surface area (Å²) < 4.78 is 5.18. The number of ether oxygens (including phenoxy) is 1. The molecule has 0 aromatic heterocycles. The Morgan fingerprint density at radius 3 is 2.48 bits per heavy atom. The standard InChI is InChI=1S/C18H23NOS/c1-14(17-7-9-18(21-3)10-8-17)19-12-15-5-4-6-16(11-15)13-20-2/h4-11,14,19H,12-13H2,1-3H3. The van der Waals surface area contributed by atoms with E-state index >= 15 is 0 Å². The van der Waals surface area contributed by atoms with E-state index in [-0.39, 0.29) is 0 Å². The van der Waals surface area contributed by atoms with E-state index in [2.05, 4.69) is 67.0 Å². The lowest BCUT2D eigenvalue weighted by molar-refractivity contribution is 0.185. The molecule has 0 heterocycles. The lowest BCUT2D eigenvalue weighted by Gasteiger charge is -2.15. The van der Waals surface area contributed by atoms with E-state index < -0.39 is 0 Å². The summed E-state index contributed by atoms with van der Waals surface area (Å²) in [4.78, 5) is 1.30. The van der Waals surface area contributed by atoms with Crippen LogP contribution >= 0.6 is 11.8 Å². The van der Waals surface area contributed by atoms with Crippen LogP contribution in [0, 0.1) is 0 Å². The Balaban J connectivity index is 1.93. The lowest BCUT2D eigenvalue weighted by Crippen LogP contribution is -2.18. The van der Waals surface area contributed by atoms with Gasteiger partial charge >= 0.3 is 0 Å². The van der Waals surface area contributed by atoms with E-state index in [9.17, 15) is 0 Å². The zero-order valence-corrected chi connectivity index (χ0v) is 13.7. The van der Waals surface area contributed by atoms with Crippen molar-refractivity contribution in [3.05, 3.63) is 65.2 Å². The molecule has 0 aliphatic heterocycles. The van der Waals surface area contributed by atoms with Gasteiger partial charge in [0.15, 0.2) is 0 Å². The largest absolute Gasteiger partial charge is 0.380 e. The highest BCUT2D eigenvalue weighted by Crippen LogP contribution is 2.19. The number of hydrogen-bond acceptors (Lipinski definition) is 3. The second-order valence-electron chi connectivity index (χ2n) is 5.13. The van der Waals surface area contributed by atoms with Crippen LogP contribution in [-0.4, -0.2) is 13.4 Å². The SMILES string of the molecule is COCc1cccc(CNC(C)c2ccc(SC)cc2)c1. The molecule has 2 aromatic carbocycles. The van der Waals surface area contributed by atoms with Gasteiger partial charge in [-0.3, -0.25) is 0 Å². The van der Waals surface area contributed by atoms with Crippen molar-refractivity contribution >= 4 is 11.8 Å². The third-order valence-corrected chi connectivity index (χ3v) is 4.27. The highest BCUT2D eigenvalue weighted by molar-refractivity contribution is 7.98. The van der Waals surface area contributed by atoms with E-state index in [0.29, 0.717) is 12.6 Å². The molecule has 0 aliphatic rings. The molecule has 1 atom stereocenters. The summed E-state index contributed by atoms with van der Waals surface area (Å²) >= 11 is 1.77. The van der Waals surface area contributed by atoms with Crippen molar-refractivity contribution in [3.8, 4) is 0 Å². The molecule has 0 aliphatic carbocycles. The molecule has 112 valence electrons. The Hall–Kier alpha value is -1.29. The predicted molar refractivity (Wildman–Crippen MR) is 90.6 cm³/mol. The summed E-state index contributed by atoms with van der Waals surface area (Å²) in [6.07, 6.45) is 2.10. The molecule has 0 spiro atoms. The van der Waals surface area contributed by atoms with Gasteiger partial charge in [-0.25, -0.2) is 0 Å². The van der Waals surface area contributed by atoms with Crippen LogP contribution < -0.4 is 5.32 Å². The number of rotatable bonds is 7. The molecule has 0 saturated carbocycles. The second kappa shape index (κ2) is 8.23. The minimum absolute atomic E-state index is 0.340. The summed E-state index contributed by atoms with van der Waals surface area (Å²) in [5.41, 5.74) is 3.83. The van der Waals surface area contributed by atoms with Crippen LogP contribution in [-0.2, 0) is 17.9 Å². The van der Waals surface area contributed by atoms with Gasteiger partial charge in [0.1, 0.15) is 0 Å². The van der Waals surface area contributed by atoms with Crippen LogP contribution in [0.2, 0.25) is 0 Å². The van der Waals surface area contributed by atoms with E-state index in [1.807, 2.05) is 0 Å². The molecule has 0 fully saturated rings. The van der Waals surface area contributed by atoms with Crippen LogP contribution in [0.3, 0.4) is 0 Å². The number of hydrogen-bond donors (Lipinski definition) is 1. The van der Waals surface area contributed by atoms with E-state index in [1.165, 1.54) is 21.6 Å². The minimum atomic E-state index is 0.340. The van der Waals surface area contributed by atoms with E-state index in [0.717, 1.165) is 6.54 Å². The first-order valence-electron chi connectivity index (χ1n) is 7.17. The third-order valence-electron chi connectivity index (χ3n) is 3.53. The van der Waals surface area contributed by atoms with Crippen LogP contribution in [0.25, 0.3) is 0 Å². The van der Waals surface area contributed by atoms with Crippen molar-refractivity contribution in [1.82, 2.24) is 5.32 Å². The Bertz CT molecular complexity index is 553. The van der Waals surface area contributed by atoms with Crippen LogP contribution in [0.1, 0.15) is 29.7 Å². The highest BCUT2D eigenvalue weighted by atomic mass is 32.2. The second-order valence-corrected chi connectivity index (χ2v) is 6.01. The molecule has 2 aromatic rings. The van der Waals surface area contributed by atoms with Crippen molar-refractivity contribution in [1.29, 1.82) is 0 Å². The summed E-state index contributed by atoms with van der Waals surface area (Å²) in [5.74, 6) is 0. The molecule has 3 heteroatoms. The van der Waals surface area contributed by atoms with E-state index in [4.69, 9.17) is 4.74 Å². The van der Waals surface area contributed by atoms with Crippen LogP contribution in [0.4, 0.5) is 0 Å². The van der Waals surface area contributed by atoms with Crippen molar-refractivity contribution < 1.29 is 4.74 Å². The predicted octanol–water partition coefficient (Wildman–Crippen LogP) is 4.41. The van der Waals surface area contributed by atoms with Gasteiger partial charge in [0, 0.05) is 24.6 Å². The maximum absolute atomic E-state index is 5.18. The van der Waals surface area contributed by atoms with Gasteiger partial charge in [-0.2, -0.15) is 0 Å². The Morgan fingerprint density at radius 2 is 1.81 bits per heavy atom. The third kappa shape index (κ3) is 4.88. The van der Waals surface area contributed by atoms with Crippen molar-refractivity contribution in [2.24, 2.45) is 0 Å². The van der Waals surface area contributed by atoms with Crippen LogP contribution in [0.5, 0.6) is 0 Å². The van der Waals surface area contributed by atoms with Gasteiger partial charge < -0.3 is 10.1 Å². The number of benzene rings is 2. The molecule has 21 heavy (non-hydrogen) atoms. The average molecular weight is 301 g/mol. The first-order chi connectivity index (χ1) is 10.2. The zero-order valence-electron chi connectivity index (χ0n) is 12.9. The van der Waals surface area contributed by atoms with Gasteiger partial charge in [-0.15, -0.1) is 11.8 Å². The van der Waals surface area contributed by atoms with Gasteiger partial charge in [0.05, 0.1) is 6.61 Å². The van der Waals surface area contributed by atoms with Crippen molar-refractivity contribution in [2.45, 2.75) is 31.0 Å². The van der Waals surface area contributed by atoms with Crippen molar-refractivity contribution in [3.63, 3.8) is 0 Å². The molecule has 0 amide bonds. The molecule has 2 nitrogen and oxygen atoms in total. The molecule has 0 saturated heterocycles. The summed E-state index contributed by atoms with van der Waals surface area (Å²) in [5, 5.41) is 3.57. The van der Waals surface area contributed by atoms with Crippen LogP contribution in [0.15, 0.2) is 53.4 Å². The molecule has 1 unspecified atom stereocenters. The van der Waals surface area contributed by atoms with Crippen molar-refractivity contribution in [2.75, 3.05) is 13.4 Å². The highest BCUT2D eigenvalue weighted by Gasteiger charge is 2.05. The molecular weight excluding hydrogens is 278 g/mol. The first kappa shape index (κ1) is 16.1. The Kier molecular flexibility index (Phi) is 6.30. The maximum Gasteiger partial charge on any atom is 0.0713 e. The van der Waals surface area contributed by atoms with Gasteiger partial charge in [0.25, 0.3) is 0 Å². The fraction of sp³-hybridized carbons (Fsp3) is 0.333. The lowest BCUT2D eigenvalue weighted by atomic mass is 10.1. The van der Waals surface area contributed by atoms with Gasteiger partial charge in [-0.1, -0.05) is 36.4 Å². The Labute approximate surface area is 131 Å². The zero-order chi connectivity index (χ0) is 15.1. The average Bonchev–Trinajstić information content (AvgIpc) is 2.53. The minimum Gasteiger partial charge on any atom is -0.380 e. The first-order valence-corrected chi connectivity index (χ1v) is 8.39. The molecule has 2 rings (SSSR count).